The van der Waals surface area contributed by atoms with Crippen LogP contribution in [0.2, 0.25) is 0 Å². The summed E-state index contributed by atoms with van der Waals surface area (Å²) in [4.78, 5) is 17.7. The van der Waals surface area contributed by atoms with Gasteiger partial charge in [0.1, 0.15) is 0 Å². The lowest BCUT2D eigenvalue weighted by atomic mass is 9.99. The first-order chi connectivity index (χ1) is 11.0. The maximum atomic E-state index is 12.1. The van der Waals surface area contributed by atoms with Crippen molar-refractivity contribution in [2.45, 2.75) is 27.2 Å². The Hall–Kier alpha value is -1.98. The van der Waals surface area contributed by atoms with E-state index in [0.29, 0.717) is 11.6 Å². The van der Waals surface area contributed by atoms with E-state index in [-0.39, 0.29) is 5.91 Å². The first-order valence-electron chi connectivity index (χ1n) is 7.39. The third-order valence-corrected chi connectivity index (χ3v) is 5.42. The molecule has 1 aromatic carbocycles. The Morgan fingerprint density at radius 2 is 1.91 bits per heavy atom. The SMILES string of the molecule is Cc1cc(C)c(-c2csc(NC(=O)Cc3cccs3)n2)cc1C. The highest BCUT2D eigenvalue weighted by atomic mass is 32.1. The minimum atomic E-state index is -0.0230. The highest BCUT2D eigenvalue weighted by Gasteiger charge is 2.11. The van der Waals surface area contributed by atoms with E-state index in [2.05, 4.69) is 43.2 Å². The number of benzene rings is 1. The fraction of sp³-hybridized carbons (Fsp3) is 0.222. The molecule has 0 spiro atoms. The van der Waals surface area contributed by atoms with Crippen LogP contribution >= 0.6 is 22.7 Å². The summed E-state index contributed by atoms with van der Waals surface area (Å²) in [5.74, 6) is -0.0230. The molecule has 2 heterocycles. The molecule has 0 aliphatic carbocycles. The lowest BCUT2D eigenvalue weighted by Gasteiger charge is -2.07. The molecule has 0 unspecified atom stereocenters. The number of aromatic nitrogens is 1. The fourth-order valence-electron chi connectivity index (χ4n) is 2.43. The molecular weight excluding hydrogens is 324 g/mol. The van der Waals surface area contributed by atoms with E-state index in [1.807, 2.05) is 22.9 Å². The molecule has 3 rings (SSSR count). The molecular formula is C18H18N2OS2. The highest BCUT2D eigenvalue weighted by molar-refractivity contribution is 7.14. The van der Waals surface area contributed by atoms with Crippen molar-refractivity contribution in [2.75, 3.05) is 5.32 Å². The Morgan fingerprint density at radius 1 is 1.13 bits per heavy atom. The van der Waals surface area contributed by atoms with Gasteiger partial charge in [0.25, 0.3) is 0 Å². The third-order valence-electron chi connectivity index (χ3n) is 3.78. The Labute approximate surface area is 144 Å². The molecule has 0 bridgehead atoms. The molecule has 0 saturated carbocycles. The lowest BCUT2D eigenvalue weighted by molar-refractivity contribution is -0.115. The van der Waals surface area contributed by atoms with Crippen LogP contribution in [0.15, 0.2) is 35.0 Å². The van der Waals surface area contributed by atoms with Crippen molar-refractivity contribution in [3.05, 3.63) is 56.6 Å². The number of carbonyl (C=O) groups excluding carboxylic acids is 1. The van der Waals surface area contributed by atoms with Gasteiger partial charge >= 0.3 is 0 Å². The standard InChI is InChI=1S/C18H18N2OS2/c1-11-7-13(3)15(8-12(11)2)16-10-23-18(19-16)20-17(21)9-14-5-4-6-22-14/h4-8,10H,9H2,1-3H3,(H,19,20,21). The van der Waals surface area contributed by atoms with Crippen molar-refractivity contribution >= 4 is 33.7 Å². The summed E-state index contributed by atoms with van der Waals surface area (Å²) >= 11 is 3.06. The molecule has 0 saturated heterocycles. The van der Waals surface area contributed by atoms with E-state index in [1.165, 1.54) is 28.0 Å². The summed E-state index contributed by atoms with van der Waals surface area (Å²) in [6, 6.07) is 8.27. The predicted octanol–water partition coefficient (Wildman–Crippen LogP) is 4.98. The molecule has 0 atom stereocenters. The molecule has 0 radical (unpaired) electrons. The molecule has 1 amide bonds. The van der Waals surface area contributed by atoms with Crippen molar-refractivity contribution in [1.82, 2.24) is 4.98 Å². The largest absolute Gasteiger partial charge is 0.302 e. The quantitative estimate of drug-likeness (QED) is 0.726. The van der Waals surface area contributed by atoms with Crippen LogP contribution in [0.3, 0.4) is 0 Å². The number of carbonyl (C=O) groups is 1. The number of thiophene rings is 1. The van der Waals surface area contributed by atoms with Crippen LogP contribution in [0.5, 0.6) is 0 Å². The van der Waals surface area contributed by atoms with Gasteiger partial charge in [0, 0.05) is 15.8 Å². The zero-order chi connectivity index (χ0) is 16.4. The Morgan fingerprint density at radius 3 is 2.65 bits per heavy atom. The molecule has 3 nitrogen and oxygen atoms in total. The van der Waals surface area contributed by atoms with Crippen LogP contribution in [-0.2, 0) is 11.2 Å². The molecule has 23 heavy (non-hydrogen) atoms. The summed E-state index contributed by atoms with van der Waals surface area (Å²) in [7, 11) is 0. The van der Waals surface area contributed by atoms with Gasteiger partial charge in [-0.2, -0.15) is 0 Å². The molecule has 3 aromatic rings. The second kappa shape index (κ2) is 6.64. The number of hydrogen-bond acceptors (Lipinski definition) is 4. The van der Waals surface area contributed by atoms with Crippen molar-refractivity contribution in [2.24, 2.45) is 0 Å². The molecule has 0 fully saturated rings. The highest BCUT2D eigenvalue weighted by Crippen LogP contribution is 2.29. The average molecular weight is 342 g/mol. The zero-order valence-electron chi connectivity index (χ0n) is 13.3. The first-order valence-corrected chi connectivity index (χ1v) is 9.15. The number of aryl methyl sites for hydroxylation is 3. The predicted molar refractivity (Wildman–Crippen MR) is 98.4 cm³/mol. The maximum absolute atomic E-state index is 12.1. The molecule has 5 heteroatoms. The smallest absolute Gasteiger partial charge is 0.231 e. The normalized spacial score (nSPS) is 10.7. The molecule has 0 aliphatic rings. The van der Waals surface area contributed by atoms with Gasteiger partial charge in [-0.25, -0.2) is 4.98 Å². The van der Waals surface area contributed by atoms with E-state index >= 15 is 0 Å². The van der Waals surface area contributed by atoms with Crippen LogP contribution in [0.1, 0.15) is 21.6 Å². The van der Waals surface area contributed by atoms with Crippen LogP contribution in [0, 0.1) is 20.8 Å². The summed E-state index contributed by atoms with van der Waals surface area (Å²) in [6.45, 7) is 6.31. The van der Waals surface area contributed by atoms with Gasteiger partial charge in [0.15, 0.2) is 5.13 Å². The first kappa shape index (κ1) is 15.9. The fourth-order valence-corrected chi connectivity index (χ4v) is 3.86. The van der Waals surface area contributed by atoms with E-state index in [0.717, 1.165) is 16.1 Å². The monoisotopic (exact) mass is 342 g/mol. The van der Waals surface area contributed by atoms with Crippen LogP contribution in [0.25, 0.3) is 11.3 Å². The van der Waals surface area contributed by atoms with Crippen molar-refractivity contribution < 1.29 is 4.79 Å². The second-order valence-electron chi connectivity index (χ2n) is 5.59. The maximum Gasteiger partial charge on any atom is 0.231 e. The van der Waals surface area contributed by atoms with Gasteiger partial charge in [0.05, 0.1) is 12.1 Å². The summed E-state index contributed by atoms with van der Waals surface area (Å²) in [6.07, 6.45) is 0.398. The van der Waals surface area contributed by atoms with Crippen molar-refractivity contribution in [3.63, 3.8) is 0 Å². The number of hydrogen-bond donors (Lipinski definition) is 1. The third kappa shape index (κ3) is 3.68. The topological polar surface area (TPSA) is 42.0 Å². The number of nitrogens with one attached hydrogen (secondary N) is 1. The Bertz CT molecular complexity index is 835. The van der Waals surface area contributed by atoms with E-state index in [1.54, 1.807) is 11.3 Å². The van der Waals surface area contributed by atoms with E-state index in [4.69, 9.17) is 0 Å². The van der Waals surface area contributed by atoms with Crippen LogP contribution < -0.4 is 5.32 Å². The van der Waals surface area contributed by atoms with Gasteiger partial charge in [0.2, 0.25) is 5.91 Å². The van der Waals surface area contributed by atoms with Crippen molar-refractivity contribution in [1.29, 1.82) is 0 Å². The number of thiazole rings is 1. The van der Waals surface area contributed by atoms with Gasteiger partial charge in [-0.15, -0.1) is 22.7 Å². The Kier molecular flexibility index (Phi) is 4.59. The van der Waals surface area contributed by atoms with Gasteiger partial charge in [-0.05, 0) is 55.0 Å². The van der Waals surface area contributed by atoms with E-state index in [9.17, 15) is 4.79 Å². The minimum absolute atomic E-state index is 0.0230. The number of amides is 1. The summed E-state index contributed by atoms with van der Waals surface area (Å²) in [5.41, 5.74) is 5.79. The number of nitrogens with zero attached hydrogens (tertiary/aromatic N) is 1. The van der Waals surface area contributed by atoms with E-state index < -0.39 is 0 Å². The van der Waals surface area contributed by atoms with Crippen molar-refractivity contribution in [3.8, 4) is 11.3 Å². The zero-order valence-corrected chi connectivity index (χ0v) is 15.0. The number of anilines is 1. The number of rotatable bonds is 4. The molecule has 1 N–H and O–H groups in total. The second-order valence-corrected chi connectivity index (χ2v) is 7.48. The lowest BCUT2D eigenvalue weighted by Crippen LogP contribution is -2.13. The molecule has 118 valence electrons. The molecule has 0 aliphatic heterocycles. The average Bonchev–Trinajstić information content (AvgIpc) is 3.15. The van der Waals surface area contributed by atoms with Gasteiger partial charge < -0.3 is 5.32 Å². The van der Waals surface area contributed by atoms with Gasteiger partial charge in [-0.3, -0.25) is 4.79 Å². The molecule has 2 aromatic heterocycles. The van der Waals surface area contributed by atoms with Gasteiger partial charge in [-0.1, -0.05) is 12.1 Å². The Balaban J connectivity index is 1.75. The summed E-state index contributed by atoms with van der Waals surface area (Å²) in [5, 5.41) is 7.52. The summed E-state index contributed by atoms with van der Waals surface area (Å²) < 4.78 is 0. The van der Waals surface area contributed by atoms with Crippen LogP contribution in [-0.4, -0.2) is 10.9 Å². The minimum Gasteiger partial charge on any atom is -0.302 e. The van der Waals surface area contributed by atoms with Crippen LogP contribution in [0.4, 0.5) is 5.13 Å².